The topological polar surface area (TPSA) is 293 Å². The summed E-state index contributed by atoms with van der Waals surface area (Å²) < 4.78 is 77.9. The third-order valence-corrected chi connectivity index (χ3v) is 27.0. The Labute approximate surface area is 598 Å². The number of carbonyl (C=O) groups excluding carboxylic acids is 6. The number of Topliss-reactive ketones (excluding diaryl/α,β-unsaturated/α-hetero) is 1. The van der Waals surface area contributed by atoms with Gasteiger partial charge in [0.2, 0.25) is 5.78 Å². The highest BCUT2D eigenvalue weighted by atomic mass is 28.4. The molecule has 1 aromatic heterocycles. The lowest BCUT2D eigenvalue weighted by Gasteiger charge is -2.38. The second-order valence-electron chi connectivity index (χ2n) is 29.8. The van der Waals surface area contributed by atoms with Crippen LogP contribution in [0.5, 0.6) is 23.0 Å². The number of aromatic nitrogens is 2. The molecule has 3 heterocycles. The predicted octanol–water partition coefficient (Wildman–Crippen LogP) is 17.4. The van der Waals surface area contributed by atoms with E-state index >= 15 is 0 Å². The van der Waals surface area contributed by atoms with E-state index < -0.39 is 81.4 Å². The van der Waals surface area contributed by atoms with Crippen molar-refractivity contribution in [2.75, 3.05) is 53.6 Å². The summed E-state index contributed by atoms with van der Waals surface area (Å²) in [6, 6.07) is 24.4. The van der Waals surface area contributed by atoms with Gasteiger partial charge in [0.1, 0.15) is 57.4 Å². The van der Waals surface area contributed by atoms with E-state index in [4.69, 9.17) is 56.9 Å². The number of imidazole rings is 1. The molecular weight excluding hydrogens is 1340 g/mol. The molecule has 0 aliphatic carbocycles. The van der Waals surface area contributed by atoms with Crippen LogP contribution < -0.4 is 15.6 Å². The number of nitrogens with zero attached hydrogens (tertiary/aromatic N) is 3. The van der Waals surface area contributed by atoms with Gasteiger partial charge in [-0.25, -0.2) is 32.9 Å². The zero-order valence-electron chi connectivity index (χ0n) is 61.9. The number of halogens is 2. The summed E-state index contributed by atoms with van der Waals surface area (Å²) in [6.07, 6.45) is 1.04. The van der Waals surface area contributed by atoms with Crippen molar-refractivity contribution in [2.24, 2.45) is 17.8 Å². The maximum absolute atomic E-state index is 13.9. The third-order valence-electron chi connectivity index (χ3n) is 17.9. The van der Waals surface area contributed by atoms with Crippen molar-refractivity contribution in [3.63, 3.8) is 0 Å². The van der Waals surface area contributed by atoms with Gasteiger partial charge in [-0.1, -0.05) is 49.0 Å². The fourth-order valence-electron chi connectivity index (χ4n) is 10.4. The summed E-state index contributed by atoms with van der Waals surface area (Å²) in [5.74, 6) is -2.71. The SMILES string of the molecule is C.CC(=O)O.COC(=O)C(OC(=O)C(CCO[Si](C)(C)C(C)(C)C)C1CCN(C(=O)OC(C)(C)C)CC1)C(=O)c1ccc(Oc2ccc(F)cc2)cc1.COC(=O)c1[nH]c(C(CCO[Si](C)(C)C(C)(C)C)C2CCN(C(=O)OC(C)(C)C)CC2)nc1-c1ccc(Oc2ccc(F)cc2)cc1.N. The van der Waals surface area contributed by atoms with E-state index in [0.717, 1.165) is 32.4 Å². The number of carboxylic acid groups (broad SMARTS) is 1. The van der Waals surface area contributed by atoms with E-state index in [1.807, 2.05) is 32.9 Å². The zero-order valence-corrected chi connectivity index (χ0v) is 63.9. The van der Waals surface area contributed by atoms with Gasteiger partial charge in [-0.15, -0.1) is 0 Å². The van der Waals surface area contributed by atoms with E-state index in [1.54, 1.807) is 54.8 Å². The first-order valence-electron chi connectivity index (χ1n) is 33.5. The van der Waals surface area contributed by atoms with E-state index in [-0.39, 0.29) is 64.6 Å². The number of ether oxygens (including phenoxy) is 7. The third kappa shape index (κ3) is 27.0. The first kappa shape index (κ1) is 87.2. The maximum atomic E-state index is 13.9. The van der Waals surface area contributed by atoms with Crippen LogP contribution in [0.25, 0.3) is 11.3 Å². The Kier molecular flexibility index (Phi) is 32.6. The van der Waals surface area contributed by atoms with Crippen LogP contribution in [0.15, 0.2) is 97.1 Å². The molecule has 0 saturated carbocycles. The number of hydrogen-bond acceptors (Lipinski definition) is 18. The number of carboxylic acids is 1. The average Bonchev–Trinajstić information content (AvgIpc) is 1.66. The molecule has 2 aliphatic heterocycles. The minimum atomic E-state index is -2.13. The molecule has 5 N–H and O–H groups in total. The molecular formula is C75H111F2N5O17Si2. The summed E-state index contributed by atoms with van der Waals surface area (Å²) >= 11 is 0. The van der Waals surface area contributed by atoms with Crippen LogP contribution in [0.3, 0.4) is 0 Å². The number of ketones is 1. The molecule has 4 aromatic carbocycles. The maximum Gasteiger partial charge on any atom is 0.410 e. The van der Waals surface area contributed by atoms with Crippen molar-refractivity contribution < 1.29 is 89.5 Å². The molecule has 0 bridgehead atoms. The van der Waals surface area contributed by atoms with Gasteiger partial charge in [0.15, 0.2) is 22.3 Å². The van der Waals surface area contributed by atoms with Crippen LogP contribution in [0.2, 0.25) is 36.3 Å². The number of likely N-dealkylation sites (tertiary alicyclic amines) is 2. The molecule has 5 aromatic rings. The number of nitrogens with one attached hydrogen (secondary N) is 1. The summed E-state index contributed by atoms with van der Waals surface area (Å²) in [6.45, 7) is 36.7. The molecule has 2 amide bonds. The highest BCUT2D eigenvalue weighted by molar-refractivity contribution is 6.74. The standard InChI is InChI=1S/C36H50FN3O6Si.C36H50FNO9Si.C2H4O2.CH4.H3N/c1-35(2,3)46-34(42)40-21-18-24(19-22-40)29(20-23-44-47(8,9)36(4,5)6)32-38-30(31(39-32)33(41)43-7)25-10-14-27(15-11-25)45-28-16-12-26(37)13-17-28;1-35(2,3)47-34(42)38-21-18-24(19-22-38)29(20-23-44-48(8,9)36(4,5)6)32(40)46-31(33(41)43-7)30(39)25-10-14-27(15-11-25)45-28-16-12-26(37)13-17-28;1-2(3)4;;/h10-17,24,29H,18-23H2,1-9H3,(H,38,39);10-17,24,29,31H,18-23H2,1-9H3;1H3,(H,3,4);1H4;1H3. The van der Waals surface area contributed by atoms with E-state index in [2.05, 4.69) is 72.7 Å². The van der Waals surface area contributed by atoms with Crippen molar-refractivity contribution in [3.05, 3.63) is 126 Å². The molecule has 22 nitrogen and oxygen atoms in total. The molecule has 0 spiro atoms. The highest BCUT2D eigenvalue weighted by Gasteiger charge is 2.43. The van der Waals surface area contributed by atoms with Crippen LogP contribution in [-0.4, -0.2) is 154 Å². The molecule has 560 valence electrons. The number of amides is 2. The summed E-state index contributed by atoms with van der Waals surface area (Å²) in [5.41, 5.74) is 0.395. The number of aromatic amines is 1. The Morgan fingerprint density at radius 1 is 0.574 bits per heavy atom. The van der Waals surface area contributed by atoms with E-state index in [1.165, 1.54) is 67.8 Å². The Balaban J connectivity index is 0.000000489. The van der Waals surface area contributed by atoms with Gasteiger partial charge in [0, 0.05) is 63.4 Å². The summed E-state index contributed by atoms with van der Waals surface area (Å²) in [5, 5.41) is 7.45. The van der Waals surface area contributed by atoms with Gasteiger partial charge in [-0.2, -0.15) is 0 Å². The number of benzene rings is 4. The number of aliphatic carboxylic acids is 1. The van der Waals surface area contributed by atoms with Crippen molar-refractivity contribution in [2.45, 2.75) is 195 Å². The zero-order chi connectivity index (χ0) is 74.0. The molecule has 2 aliphatic rings. The molecule has 2 fully saturated rings. The highest BCUT2D eigenvalue weighted by Crippen LogP contribution is 2.42. The molecule has 3 unspecified atom stereocenters. The van der Waals surface area contributed by atoms with Crippen molar-refractivity contribution in [3.8, 4) is 34.3 Å². The minimum Gasteiger partial charge on any atom is -0.481 e. The predicted molar refractivity (Wildman–Crippen MR) is 389 cm³/mol. The van der Waals surface area contributed by atoms with Gasteiger partial charge in [0.05, 0.1) is 20.1 Å². The van der Waals surface area contributed by atoms with Gasteiger partial charge in [-0.05, 0) is 225 Å². The van der Waals surface area contributed by atoms with Crippen molar-refractivity contribution >= 4 is 58.5 Å². The number of rotatable bonds is 22. The van der Waals surface area contributed by atoms with Gasteiger partial charge in [0.25, 0.3) is 12.1 Å². The second kappa shape index (κ2) is 37.8. The molecule has 0 radical (unpaired) electrons. The van der Waals surface area contributed by atoms with Crippen molar-refractivity contribution in [1.82, 2.24) is 25.9 Å². The Morgan fingerprint density at radius 2 is 0.950 bits per heavy atom. The number of H-pyrrole nitrogens is 1. The van der Waals surface area contributed by atoms with Crippen LogP contribution in [-0.2, 0) is 46.9 Å². The number of esters is 3. The number of methoxy groups -OCH3 is 2. The summed E-state index contributed by atoms with van der Waals surface area (Å²) in [7, 11) is -1.66. The number of piperidine rings is 2. The molecule has 2 saturated heterocycles. The van der Waals surface area contributed by atoms with Crippen LogP contribution >= 0.6 is 0 Å². The van der Waals surface area contributed by atoms with E-state index in [0.29, 0.717) is 99.6 Å². The fraction of sp³-hybridized carbons (Fsp3) is 0.547. The van der Waals surface area contributed by atoms with Crippen LogP contribution in [0.4, 0.5) is 18.4 Å². The normalized spacial score (nSPS) is 14.8. The molecule has 101 heavy (non-hydrogen) atoms. The lowest BCUT2D eigenvalue weighted by Crippen LogP contribution is -2.45. The Bertz CT molecular complexity index is 3470. The average molecular weight is 1450 g/mol. The molecule has 3 atom stereocenters. The van der Waals surface area contributed by atoms with Crippen LogP contribution in [0.1, 0.15) is 169 Å². The monoisotopic (exact) mass is 1450 g/mol. The lowest BCUT2D eigenvalue weighted by molar-refractivity contribution is -0.167. The largest absolute Gasteiger partial charge is 0.481 e. The smallest absolute Gasteiger partial charge is 0.410 e. The van der Waals surface area contributed by atoms with Gasteiger partial charge >= 0.3 is 30.1 Å². The minimum absolute atomic E-state index is 0. The fourth-order valence-corrected chi connectivity index (χ4v) is 12.5. The first-order chi connectivity index (χ1) is 46.0. The van der Waals surface area contributed by atoms with Crippen LogP contribution in [0, 0.1) is 29.4 Å². The quantitative estimate of drug-likeness (QED) is 0.0191. The number of hydrogen-bond donors (Lipinski definition) is 3. The van der Waals surface area contributed by atoms with Crippen molar-refractivity contribution in [1.29, 1.82) is 0 Å². The van der Waals surface area contributed by atoms with Gasteiger partial charge < -0.3 is 68.1 Å². The lowest BCUT2D eigenvalue weighted by atomic mass is 9.82. The van der Waals surface area contributed by atoms with Gasteiger partial charge in [-0.3, -0.25) is 14.4 Å². The Morgan fingerprint density at radius 3 is 1.33 bits per heavy atom. The summed E-state index contributed by atoms with van der Waals surface area (Å²) in [4.78, 5) is 99.5. The first-order valence-corrected chi connectivity index (χ1v) is 39.3. The molecule has 26 heteroatoms. The second-order valence-corrected chi connectivity index (χ2v) is 39.5. The molecule has 7 rings (SSSR count). The van der Waals surface area contributed by atoms with E-state index in [9.17, 15) is 37.5 Å². The Hall–Kier alpha value is -8.05. The number of carbonyl (C=O) groups is 7.